The number of nitrogens with one attached hydrogen (secondary N) is 1. The summed E-state index contributed by atoms with van der Waals surface area (Å²) in [5.41, 5.74) is 3.08. The summed E-state index contributed by atoms with van der Waals surface area (Å²) in [5, 5.41) is 7.64. The molecule has 0 spiro atoms. The fourth-order valence-electron chi connectivity index (χ4n) is 3.12. The van der Waals surface area contributed by atoms with E-state index in [1.54, 1.807) is 31.5 Å². The van der Waals surface area contributed by atoms with E-state index in [1.807, 2.05) is 37.3 Å². The number of benzene rings is 2. The molecule has 0 aliphatic rings. The lowest BCUT2D eigenvalue weighted by molar-refractivity contribution is -0.116. The molecule has 2 aromatic carbocycles. The molecule has 0 radical (unpaired) electrons. The van der Waals surface area contributed by atoms with Crippen molar-refractivity contribution in [1.82, 2.24) is 14.2 Å². The van der Waals surface area contributed by atoms with E-state index in [-0.39, 0.29) is 18.0 Å². The van der Waals surface area contributed by atoms with E-state index in [0.29, 0.717) is 21.9 Å². The summed E-state index contributed by atoms with van der Waals surface area (Å²) in [4.78, 5) is 25.3. The number of halogens is 1. The summed E-state index contributed by atoms with van der Waals surface area (Å²) in [6.45, 7) is 1.78. The molecule has 0 aliphatic carbocycles. The molecule has 0 saturated heterocycles. The van der Waals surface area contributed by atoms with Crippen LogP contribution >= 0.6 is 11.6 Å². The third kappa shape index (κ3) is 3.92. The number of hydrogen-bond acceptors (Lipinski definition) is 4. The molecule has 0 fully saturated rings. The van der Waals surface area contributed by atoms with Gasteiger partial charge in [-0.3, -0.25) is 9.59 Å². The minimum absolute atomic E-state index is 0.136. The highest BCUT2D eigenvalue weighted by Gasteiger charge is 2.12. The lowest BCUT2D eigenvalue weighted by atomic mass is 10.1. The maximum atomic E-state index is 12.8. The summed E-state index contributed by atoms with van der Waals surface area (Å²) < 4.78 is 8.01. The summed E-state index contributed by atoms with van der Waals surface area (Å²) in [6.07, 6.45) is 3.19. The Kier molecular flexibility index (Phi) is 5.29. The third-order valence-electron chi connectivity index (χ3n) is 4.70. The Morgan fingerprint density at radius 3 is 2.60 bits per heavy atom. The molecule has 2 aromatic heterocycles. The number of amides is 1. The van der Waals surface area contributed by atoms with E-state index < -0.39 is 0 Å². The van der Waals surface area contributed by atoms with Crippen LogP contribution < -0.4 is 15.6 Å². The molecule has 1 amide bonds. The number of hydrogen-bond donors (Lipinski definition) is 1. The fourth-order valence-corrected chi connectivity index (χ4v) is 3.40. The van der Waals surface area contributed by atoms with E-state index in [2.05, 4.69) is 10.4 Å². The molecule has 4 rings (SSSR count). The number of aromatic nitrogens is 3. The van der Waals surface area contributed by atoms with Gasteiger partial charge in [0.15, 0.2) is 0 Å². The zero-order valence-electron chi connectivity index (χ0n) is 16.4. The van der Waals surface area contributed by atoms with E-state index in [4.69, 9.17) is 16.3 Å². The van der Waals surface area contributed by atoms with Crippen LogP contribution in [0.2, 0.25) is 5.02 Å². The summed E-state index contributed by atoms with van der Waals surface area (Å²) >= 11 is 6.16. The lowest BCUT2D eigenvalue weighted by Crippen LogP contribution is -2.28. The van der Waals surface area contributed by atoms with Gasteiger partial charge in [-0.05, 0) is 55.0 Å². The Balaban J connectivity index is 1.58. The Hall–Kier alpha value is -3.58. The van der Waals surface area contributed by atoms with Gasteiger partial charge in [0.05, 0.1) is 23.5 Å². The molecule has 0 aliphatic heterocycles. The van der Waals surface area contributed by atoms with Gasteiger partial charge in [0.25, 0.3) is 5.56 Å². The second-order valence-electron chi connectivity index (χ2n) is 6.85. The van der Waals surface area contributed by atoms with E-state index in [9.17, 15) is 9.59 Å². The van der Waals surface area contributed by atoms with Crippen LogP contribution in [0.1, 0.15) is 5.56 Å². The molecule has 30 heavy (non-hydrogen) atoms. The largest absolute Gasteiger partial charge is 0.497 e. The van der Waals surface area contributed by atoms with Gasteiger partial charge in [-0.1, -0.05) is 17.7 Å². The average Bonchev–Trinajstić information content (AvgIpc) is 3.17. The number of carbonyl (C=O) groups is 1. The second kappa shape index (κ2) is 8.04. The zero-order chi connectivity index (χ0) is 21.3. The Morgan fingerprint density at radius 1 is 1.13 bits per heavy atom. The van der Waals surface area contributed by atoms with E-state index in [0.717, 1.165) is 16.9 Å². The van der Waals surface area contributed by atoms with Crippen molar-refractivity contribution in [1.29, 1.82) is 0 Å². The van der Waals surface area contributed by atoms with Crippen LogP contribution in [0.15, 0.2) is 65.7 Å². The highest BCUT2D eigenvalue weighted by molar-refractivity contribution is 6.33. The Bertz CT molecular complexity index is 1290. The van der Waals surface area contributed by atoms with Gasteiger partial charge in [-0.2, -0.15) is 5.10 Å². The average molecular weight is 423 g/mol. The molecular formula is C22H19ClN4O3. The van der Waals surface area contributed by atoms with Crippen molar-refractivity contribution in [2.45, 2.75) is 13.5 Å². The van der Waals surface area contributed by atoms with Crippen molar-refractivity contribution in [3.63, 3.8) is 0 Å². The van der Waals surface area contributed by atoms with Crippen LogP contribution in [-0.4, -0.2) is 27.2 Å². The first-order valence-electron chi connectivity index (χ1n) is 9.24. The quantitative estimate of drug-likeness (QED) is 0.531. The van der Waals surface area contributed by atoms with Gasteiger partial charge < -0.3 is 14.6 Å². The summed E-state index contributed by atoms with van der Waals surface area (Å²) in [5.74, 6) is 0.395. The normalized spacial score (nSPS) is 10.9. The zero-order valence-corrected chi connectivity index (χ0v) is 17.2. The van der Waals surface area contributed by atoms with Crippen molar-refractivity contribution >= 4 is 28.7 Å². The number of nitrogens with zero attached hydrogens (tertiary/aromatic N) is 3. The van der Waals surface area contributed by atoms with Crippen LogP contribution in [-0.2, 0) is 11.3 Å². The lowest BCUT2D eigenvalue weighted by Gasteiger charge is -2.09. The van der Waals surface area contributed by atoms with Crippen LogP contribution in [0.4, 0.5) is 5.69 Å². The second-order valence-corrected chi connectivity index (χ2v) is 7.26. The predicted octanol–water partition coefficient (Wildman–Crippen LogP) is 3.77. The number of fused-ring (bicyclic) bond motifs is 1. The monoisotopic (exact) mass is 422 g/mol. The standard InChI is InChI=1S/C22H19ClN4O3/c1-14-3-8-18(17(23)11-14)24-21(28)13-26-9-10-27-20(22(26)29)12-19(25-27)15-4-6-16(30-2)7-5-15/h3-12H,13H2,1-2H3,(H,24,28). The van der Waals surface area contributed by atoms with Gasteiger partial charge in [0, 0.05) is 18.0 Å². The Morgan fingerprint density at radius 2 is 1.90 bits per heavy atom. The van der Waals surface area contributed by atoms with Gasteiger partial charge in [-0.25, -0.2) is 4.52 Å². The van der Waals surface area contributed by atoms with Crippen LogP contribution in [0.3, 0.4) is 0 Å². The molecule has 7 nitrogen and oxygen atoms in total. The number of aryl methyl sites for hydroxylation is 1. The predicted molar refractivity (Wildman–Crippen MR) is 116 cm³/mol. The molecule has 2 heterocycles. The summed E-state index contributed by atoms with van der Waals surface area (Å²) in [7, 11) is 1.60. The maximum absolute atomic E-state index is 12.8. The fraction of sp³-hybridized carbons (Fsp3) is 0.136. The van der Waals surface area contributed by atoms with Gasteiger partial charge >= 0.3 is 0 Å². The minimum Gasteiger partial charge on any atom is -0.497 e. The number of ether oxygens (including phenoxy) is 1. The maximum Gasteiger partial charge on any atom is 0.277 e. The SMILES string of the molecule is COc1ccc(-c2cc3c(=O)n(CC(=O)Nc4ccc(C)cc4Cl)ccn3n2)cc1. The molecule has 152 valence electrons. The molecule has 0 saturated carbocycles. The van der Waals surface area contributed by atoms with Gasteiger partial charge in [0.2, 0.25) is 5.91 Å². The van der Waals surface area contributed by atoms with Crippen molar-refractivity contribution < 1.29 is 9.53 Å². The highest BCUT2D eigenvalue weighted by Crippen LogP contribution is 2.23. The number of methoxy groups -OCH3 is 1. The van der Waals surface area contributed by atoms with Crippen LogP contribution in [0.5, 0.6) is 5.75 Å². The molecule has 8 heteroatoms. The van der Waals surface area contributed by atoms with Crippen molar-refractivity contribution in [3.8, 4) is 17.0 Å². The molecule has 0 atom stereocenters. The van der Waals surface area contributed by atoms with Gasteiger partial charge in [-0.15, -0.1) is 0 Å². The molecule has 4 aromatic rings. The van der Waals surface area contributed by atoms with Crippen LogP contribution in [0.25, 0.3) is 16.8 Å². The minimum atomic E-state index is -0.345. The van der Waals surface area contributed by atoms with Crippen LogP contribution in [0, 0.1) is 6.92 Å². The van der Waals surface area contributed by atoms with Gasteiger partial charge in [0.1, 0.15) is 17.8 Å². The molecule has 1 N–H and O–H groups in total. The third-order valence-corrected chi connectivity index (χ3v) is 5.01. The Labute approximate surface area is 177 Å². The number of carbonyl (C=O) groups excluding carboxylic acids is 1. The number of anilines is 1. The summed E-state index contributed by atoms with van der Waals surface area (Å²) in [6, 6.07) is 14.5. The topological polar surface area (TPSA) is 77.6 Å². The van der Waals surface area contributed by atoms with E-state index >= 15 is 0 Å². The van der Waals surface area contributed by atoms with Crippen molar-refractivity contribution in [2.24, 2.45) is 0 Å². The first kappa shape index (κ1) is 19.7. The highest BCUT2D eigenvalue weighted by atomic mass is 35.5. The first-order chi connectivity index (χ1) is 14.4. The first-order valence-corrected chi connectivity index (χ1v) is 9.61. The molecular weight excluding hydrogens is 404 g/mol. The molecule has 0 bridgehead atoms. The van der Waals surface area contributed by atoms with E-state index in [1.165, 1.54) is 15.3 Å². The van der Waals surface area contributed by atoms with Crippen molar-refractivity contribution in [2.75, 3.05) is 12.4 Å². The smallest absolute Gasteiger partial charge is 0.277 e. The number of rotatable bonds is 5. The van der Waals surface area contributed by atoms with Crippen molar-refractivity contribution in [3.05, 3.63) is 81.9 Å². The molecule has 0 unspecified atom stereocenters.